The molecule has 0 saturated heterocycles. The first kappa shape index (κ1) is 26.6. The van der Waals surface area contributed by atoms with Gasteiger partial charge in [-0.2, -0.15) is 0 Å². The molecule has 3 aromatic rings. The summed E-state index contributed by atoms with van der Waals surface area (Å²) in [6.07, 6.45) is 0.509. The smallest absolute Gasteiger partial charge is 0.258 e. The van der Waals surface area contributed by atoms with Crippen LogP contribution in [0.3, 0.4) is 0 Å². The number of unbranched alkanes of at least 4 members (excludes halogenated alkanes) is 1. The molecule has 0 bridgehead atoms. The molecule has 0 N–H and O–H groups in total. The Balaban J connectivity index is 2.03. The number of hydrogen-bond donors (Lipinski definition) is 0. The predicted molar refractivity (Wildman–Crippen MR) is 145 cm³/mol. The Morgan fingerprint density at radius 2 is 1.94 bits per heavy atom. The number of nitrogens with zero attached hydrogens (tertiary/aromatic N) is 1. The number of ketones is 1. The van der Waals surface area contributed by atoms with Crippen molar-refractivity contribution >= 4 is 65.2 Å². The molecule has 1 aliphatic heterocycles. The fourth-order valence-electron chi connectivity index (χ4n) is 4.60. The largest absolute Gasteiger partial charge is 0.462 e. The Labute approximate surface area is 226 Å². The minimum Gasteiger partial charge on any atom is -0.462 e. The summed E-state index contributed by atoms with van der Waals surface area (Å²) < 4.78 is 56.0. The van der Waals surface area contributed by atoms with E-state index in [1.54, 1.807) is 25.1 Å². The summed E-state index contributed by atoms with van der Waals surface area (Å²) in [5, 5.41) is 0.529. The number of aromatic nitrogens is 1. The number of hydrogen-bond acceptors (Lipinski definition) is 5. The van der Waals surface area contributed by atoms with Gasteiger partial charge in [-0.05, 0) is 94.7 Å². The minimum absolute atomic E-state index is 0.0259. The third-order valence-electron chi connectivity index (χ3n) is 6.31. The fraction of sp³-hybridized carbons (Fsp3) is 0.400. The predicted octanol–water partition coefficient (Wildman–Crippen LogP) is 6.59. The molecule has 2 aromatic carbocycles. The molecule has 2 unspecified atom stereocenters. The third kappa shape index (κ3) is 4.23. The standard InChI is InChI=1S/C25H26BrFINO5S/c1-4-6-12-33-24-25(11-5-2,23(30)19-14-17(28)8-10-21(19)34-24)35(31,32)29-15(3)22(26)18-9-7-16(27)13-20(18)29/h7-10,13-14,24H,4-6,11-12H2,1-3H3. The first-order valence-corrected chi connectivity index (χ1v) is 14.7. The first-order chi connectivity index (χ1) is 16.6. The molecule has 2 heterocycles. The third-order valence-corrected chi connectivity index (χ3v) is 10.4. The SMILES string of the molecule is CCCCOC1Oc2ccc(I)cc2C(=O)C1(CCC)S(=O)(=O)n1c(C)c(Br)c2ccc(F)cc21. The zero-order valence-corrected chi connectivity index (χ0v) is 24.2. The van der Waals surface area contributed by atoms with E-state index in [2.05, 4.69) is 38.5 Å². The molecule has 0 aliphatic carbocycles. The van der Waals surface area contributed by atoms with Crippen LogP contribution in [0.4, 0.5) is 4.39 Å². The van der Waals surface area contributed by atoms with Crippen LogP contribution < -0.4 is 4.74 Å². The molecule has 0 radical (unpaired) electrons. The normalized spacial score (nSPS) is 20.2. The van der Waals surface area contributed by atoms with Crippen LogP contribution in [-0.4, -0.2) is 35.8 Å². The number of carbonyl (C=O) groups excluding carboxylic acids is 1. The van der Waals surface area contributed by atoms with Gasteiger partial charge in [0.1, 0.15) is 11.6 Å². The summed E-state index contributed by atoms with van der Waals surface area (Å²) in [7, 11) is -4.51. The number of halogens is 3. The van der Waals surface area contributed by atoms with Crippen molar-refractivity contribution in [1.82, 2.24) is 3.97 Å². The van der Waals surface area contributed by atoms with Gasteiger partial charge in [-0.1, -0.05) is 26.7 Å². The molecule has 0 saturated carbocycles. The summed E-state index contributed by atoms with van der Waals surface area (Å²) in [6.45, 7) is 5.66. The molecule has 4 rings (SSSR count). The van der Waals surface area contributed by atoms with Crippen molar-refractivity contribution in [2.24, 2.45) is 0 Å². The lowest BCUT2D eigenvalue weighted by Crippen LogP contribution is -2.62. The Morgan fingerprint density at radius 3 is 2.63 bits per heavy atom. The van der Waals surface area contributed by atoms with Crippen molar-refractivity contribution in [1.29, 1.82) is 0 Å². The number of Topliss-reactive ketones (excluding diaryl/α,β-unsaturated/α-hetero) is 1. The van der Waals surface area contributed by atoms with Gasteiger partial charge in [0, 0.05) is 19.1 Å². The number of rotatable bonds is 8. The highest BCUT2D eigenvalue weighted by Crippen LogP contribution is 2.45. The van der Waals surface area contributed by atoms with Gasteiger partial charge < -0.3 is 9.47 Å². The van der Waals surface area contributed by atoms with E-state index in [1.807, 2.05) is 13.8 Å². The van der Waals surface area contributed by atoms with Crippen LogP contribution in [0, 0.1) is 16.3 Å². The molecule has 0 fully saturated rings. The van der Waals surface area contributed by atoms with E-state index in [9.17, 15) is 17.6 Å². The molecule has 1 aromatic heterocycles. The zero-order valence-electron chi connectivity index (χ0n) is 19.6. The van der Waals surface area contributed by atoms with Crippen molar-refractivity contribution in [2.45, 2.75) is 57.5 Å². The second kappa shape index (κ2) is 10.1. The van der Waals surface area contributed by atoms with Gasteiger partial charge in [0.05, 0.1) is 17.7 Å². The van der Waals surface area contributed by atoms with E-state index in [-0.39, 0.29) is 24.1 Å². The minimum atomic E-state index is -4.51. The summed E-state index contributed by atoms with van der Waals surface area (Å²) in [5.74, 6) is -0.861. The monoisotopic (exact) mass is 677 g/mol. The maximum atomic E-state index is 14.6. The molecule has 2 atom stereocenters. The molecule has 35 heavy (non-hydrogen) atoms. The van der Waals surface area contributed by atoms with Crippen molar-refractivity contribution in [3.05, 3.63) is 61.5 Å². The Bertz CT molecular complexity index is 1410. The van der Waals surface area contributed by atoms with Crippen molar-refractivity contribution in [2.75, 3.05) is 6.61 Å². The number of ether oxygens (including phenoxy) is 2. The van der Waals surface area contributed by atoms with Crippen LogP contribution >= 0.6 is 38.5 Å². The molecule has 1 aliphatic rings. The second-order valence-corrected chi connectivity index (χ2v) is 12.7. The summed E-state index contributed by atoms with van der Waals surface area (Å²) >= 11 is 5.54. The van der Waals surface area contributed by atoms with Crippen molar-refractivity contribution in [3.63, 3.8) is 0 Å². The molecule has 0 amide bonds. The Hall–Kier alpha value is -1.50. The highest BCUT2D eigenvalue weighted by atomic mass is 127. The van der Waals surface area contributed by atoms with E-state index in [0.29, 0.717) is 34.1 Å². The number of benzene rings is 2. The van der Waals surface area contributed by atoms with Gasteiger partial charge >= 0.3 is 0 Å². The van der Waals surface area contributed by atoms with Gasteiger partial charge in [0.2, 0.25) is 11.0 Å². The molecular weight excluding hydrogens is 652 g/mol. The lowest BCUT2D eigenvalue weighted by atomic mass is 9.89. The highest BCUT2D eigenvalue weighted by molar-refractivity contribution is 14.1. The Morgan fingerprint density at radius 1 is 1.20 bits per heavy atom. The van der Waals surface area contributed by atoms with Crippen LogP contribution in [0.5, 0.6) is 5.75 Å². The Kier molecular flexibility index (Phi) is 7.67. The molecule has 188 valence electrons. The summed E-state index contributed by atoms with van der Waals surface area (Å²) in [4.78, 5) is 14.2. The van der Waals surface area contributed by atoms with Crippen LogP contribution in [0.2, 0.25) is 0 Å². The number of carbonyl (C=O) groups is 1. The van der Waals surface area contributed by atoms with Crippen LogP contribution in [0.1, 0.15) is 55.6 Å². The van der Waals surface area contributed by atoms with Crippen molar-refractivity contribution < 1.29 is 27.1 Å². The average Bonchev–Trinajstić information content (AvgIpc) is 3.06. The molecule has 10 heteroatoms. The van der Waals surface area contributed by atoms with E-state index in [0.717, 1.165) is 14.0 Å². The van der Waals surface area contributed by atoms with Gasteiger partial charge in [0.25, 0.3) is 10.0 Å². The number of fused-ring (bicyclic) bond motifs is 2. The lowest BCUT2D eigenvalue weighted by Gasteiger charge is -2.42. The van der Waals surface area contributed by atoms with E-state index in [4.69, 9.17) is 9.47 Å². The van der Waals surface area contributed by atoms with E-state index < -0.39 is 32.7 Å². The lowest BCUT2D eigenvalue weighted by molar-refractivity contribution is -0.105. The average molecular weight is 678 g/mol. The van der Waals surface area contributed by atoms with Crippen LogP contribution in [-0.2, 0) is 14.8 Å². The quantitative estimate of drug-likeness (QED) is 0.199. The molecule has 0 spiro atoms. The van der Waals surface area contributed by atoms with Crippen molar-refractivity contribution in [3.8, 4) is 5.75 Å². The highest BCUT2D eigenvalue weighted by Gasteiger charge is 2.62. The maximum Gasteiger partial charge on any atom is 0.258 e. The molecular formula is C25H26BrFINO5S. The van der Waals surface area contributed by atoms with Gasteiger partial charge in [-0.25, -0.2) is 16.8 Å². The summed E-state index contributed by atoms with van der Waals surface area (Å²) in [5.41, 5.74) is 0.691. The van der Waals surface area contributed by atoms with Crippen LogP contribution in [0.15, 0.2) is 40.9 Å². The topological polar surface area (TPSA) is 74.6 Å². The fourth-order valence-corrected chi connectivity index (χ4v) is 8.07. The van der Waals surface area contributed by atoms with Crippen LogP contribution in [0.25, 0.3) is 10.9 Å². The first-order valence-electron chi connectivity index (χ1n) is 11.4. The second-order valence-electron chi connectivity index (χ2n) is 8.61. The summed E-state index contributed by atoms with van der Waals surface area (Å²) in [6, 6.07) is 9.05. The van der Waals surface area contributed by atoms with E-state index in [1.165, 1.54) is 18.2 Å². The molecule has 6 nitrogen and oxygen atoms in total. The van der Waals surface area contributed by atoms with Gasteiger partial charge in [0.15, 0.2) is 5.78 Å². The maximum absolute atomic E-state index is 14.6. The van der Waals surface area contributed by atoms with Gasteiger partial charge in [-0.3, -0.25) is 4.79 Å². The van der Waals surface area contributed by atoms with Gasteiger partial charge in [-0.15, -0.1) is 0 Å². The van der Waals surface area contributed by atoms with E-state index >= 15 is 0 Å². The zero-order chi connectivity index (χ0) is 25.5.